The molecule has 5 rings (SSSR count). The summed E-state index contributed by atoms with van der Waals surface area (Å²) < 4.78 is 92.6. The number of ether oxygens (including phenoxy) is 1. The minimum atomic E-state index is -4.06. The lowest BCUT2D eigenvalue weighted by atomic mass is 9.88. The summed E-state index contributed by atoms with van der Waals surface area (Å²) in [6, 6.07) is 14.4. The standard InChI is InChI=1S/C38H40F4N4O5S/c1-24-22-45(37(48)51-38(2,3)4)23-30(46(24)52(49,50)31-8-6-5-7-9-31)14-15-32-34(42)20-43-21-35(32)44-36(47)19-33(25-10-12-27(39)13-11-25)26-16-28(40)18-29(41)17-26/h5-13,16-18,20-21,24,30,33H,14-15,19,22-23H2,1-4H3,(H,44,47). The summed E-state index contributed by atoms with van der Waals surface area (Å²) in [6.07, 6.45) is 1.23. The average Bonchev–Trinajstić information content (AvgIpc) is 3.06. The average molecular weight is 741 g/mol. The number of aromatic nitrogens is 1. The van der Waals surface area contributed by atoms with Crippen LogP contribution in [0.4, 0.5) is 28.0 Å². The molecule has 1 fully saturated rings. The Morgan fingerprint density at radius 2 is 1.56 bits per heavy atom. The highest BCUT2D eigenvalue weighted by Gasteiger charge is 2.42. The molecule has 4 aromatic rings. The van der Waals surface area contributed by atoms with E-state index in [-0.39, 0.29) is 54.1 Å². The number of rotatable bonds is 10. The second kappa shape index (κ2) is 15.8. The molecular formula is C38H40F4N4O5S. The lowest BCUT2D eigenvalue weighted by Gasteiger charge is -2.44. The summed E-state index contributed by atoms with van der Waals surface area (Å²) in [5, 5.41) is 2.66. The number of hydrogen-bond acceptors (Lipinski definition) is 6. The number of sulfonamides is 1. The van der Waals surface area contributed by atoms with Crippen LogP contribution in [0, 0.1) is 23.3 Å². The number of pyridine rings is 1. The largest absolute Gasteiger partial charge is 0.444 e. The maximum absolute atomic E-state index is 15.5. The highest BCUT2D eigenvalue weighted by molar-refractivity contribution is 7.89. The van der Waals surface area contributed by atoms with Crippen LogP contribution in [-0.2, 0) is 26.0 Å². The topological polar surface area (TPSA) is 109 Å². The zero-order valence-corrected chi connectivity index (χ0v) is 30.0. The van der Waals surface area contributed by atoms with Gasteiger partial charge in [-0.1, -0.05) is 30.3 Å². The number of carbonyl (C=O) groups excluding carboxylic acids is 2. The molecule has 3 unspecified atom stereocenters. The normalized spacial score (nSPS) is 17.4. The summed E-state index contributed by atoms with van der Waals surface area (Å²) in [6.45, 7) is 6.88. The molecule has 9 nitrogen and oxygen atoms in total. The Morgan fingerprint density at radius 1 is 0.904 bits per heavy atom. The van der Waals surface area contributed by atoms with Crippen molar-refractivity contribution in [1.82, 2.24) is 14.2 Å². The van der Waals surface area contributed by atoms with Crippen molar-refractivity contribution in [2.24, 2.45) is 0 Å². The van der Waals surface area contributed by atoms with Crippen LogP contribution in [0.2, 0.25) is 0 Å². The van der Waals surface area contributed by atoms with Crippen molar-refractivity contribution in [3.8, 4) is 0 Å². The molecular weight excluding hydrogens is 701 g/mol. The zero-order valence-electron chi connectivity index (χ0n) is 29.2. The monoisotopic (exact) mass is 740 g/mol. The molecule has 1 aliphatic rings. The van der Waals surface area contributed by atoms with Gasteiger partial charge in [-0.25, -0.2) is 30.8 Å². The first-order valence-corrected chi connectivity index (χ1v) is 18.2. The first kappa shape index (κ1) is 38.4. The van der Waals surface area contributed by atoms with Crippen molar-refractivity contribution in [2.45, 2.75) is 75.5 Å². The molecule has 1 aromatic heterocycles. The molecule has 0 bridgehead atoms. The van der Waals surface area contributed by atoms with Crippen LogP contribution in [0.15, 0.2) is 90.1 Å². The fourth-order valence-electron chi connectivity index (χ4n) is 6.43. The minimum absolute atomic E-state index is 0.0126. The van der Waals surface area contributed by atoms with E-state index in [4.69, 9.17) is 4.74 Å². The number of nitrogens with zero attached hydrogens (tertiary/aromatic N) is 3. The zero-order chi connectivity index (χ0) is 37.8. The van der Waals surface area contributed by atoms with E-state index in [2.05, 4.69) is 10.3 Å². The van der Waals surface area contributed by atoms with Gasteiger partial charge >= 0.3 is 6.09 Å². The number of piperazine rings is 1. The predicted octanol–water partition coefficient (Wildman–Crippen LogP) is 7.43. The molecule has 52 heavy (non-hydrogen) atoms. The third-order valence-corrected chi connectivity index (χ3v) is 10.7. The Kier molecular flexibility index (Phi) is 11.7. The van der Waals surface area contributed by atoms with Gasteiger partial charge in [0.25, 0.3) is 0 Å². The van der Waals surface area contributed by atoms with E-state index in [1.54, 1.807) is 45.9 Å². The Bertz CT molecular complexity index is 1990. The van der Waals surface area contributed by atoms with Crippen molar-refractivity contribution >= 4 is 27.7 Å². The van der Waals surface area contributed by atoms with E-state index in [0.717, 1.165) is 18.3 Å². The Morgan fingerprint density at radius 3 is 2.19 bits per heavy atom. The number of nitrogens with one attached hydrogen (secondary N) is 1. The van der Waals surface area contributed by atoms with Crippen molar-refractivity contribution in [2.75, 3.05) is 18.4 Å². The maximum atomic E-state index is 15.5. The molecule has 1 N–H and O–H groups in total. The van der Waals surface area contributed by atoms with E-state index in [1.807, 2.05) is 0 Å². The van der Waals surface area contributed by atoms with Crippen molar-refractivity contribution in [3.63, 3.8) is 0 Å². The summed E-state index contributed by atoms with van der Waals surface area (Å²) in [7, 11) is -4.06. The number of hydrogen-bond donors (Lipinski definition) is 1. The lowest BCUT2D eigenvalue weighted by molar-refractivity contribution is -0.116. The molecule has 2 amide bonds. The van der Waals surface area contributed by atoms with Crippen LogP contribution >= 0.6 is 0 Å². The van der Waals surface area contributed by atoms with Gasteiger partial charge in [0.2, 0.25) is 15.9 Å². The number of carbonyl (C=O) groups is 2. The van der Waals surface area contributed by atoms with Gasteiger partial charge in [-0.3, -0.25) is 9.78 Å². The Hall–Kier alpha value is -4.82. The van der Waals surface area contributed by atoms with Gasteiger partial charge in [-0.2, -0.15) is 4.31 Å². The second-order valence-corrected chi connectivity index (χ2v) is 15.6. The van der Waals surface area contributed by atoms with Gasteiger partial charge < -0.3 is 15.0 Å². The molecule has 14 heteroatoms. The highest BCUT2D eigenvalue weighted by atomic mass is 32.2. The molecule has 276 valence electrons. The third-order valence-electron chi connectivity index (χ3n) is 8.64. The number of amides is 2. The minimum Gasteiger partial charge on any atom is -0.444 e. The van der Waals surface area contributed by atoms with Gasteiger partial charge in [-0.05, 0) is 88.1 Å². The smallest absolute Gasteiger partial charge is 0.410 e. The van der Waals surface area contributed by atoms with Crippen LogP contribution in [0.1, 0.15) is 63.1 Å². The maximum Gasteiger partial charge on any atom is 0.410 e. The van der Waals surface area contributed by atoms with Crippen molar-refractivity contribution in [3.05, 3.63) is 125 Å². The fraction of sp³-hybridized carbons (Fsp3) is 0.342. The van der Waals surface area contributed by atoms with E-state index in [0.29, 0.717) is 11.6 Å². The summed E-state index contributed by atoms with van der Waals surface area (Å²) in [5.41, 5.74) is -0.192. The van der Waals surface area contributed by atoms with E-state index >= 15 is 4.39 Å². The summed E-state index contributed by atoms with van der Waals surface area (Å²) in [5.74, 6) is -4.55. The van der Waals surface area contributed by atoms with Crippen LogP contribution in [0.3, 0.4) is 0 Å². The first-order valence-electron chi connectivity index (χ1n) is 16.7. The molecule has 0 saturated carbocycles. The van der Waals surface area contributed by atoms with Crippen LogP contribution in [-0.4, -0.2) is 65.4 Å². The molecule has 0 spiro atoms. The van der Waals surface area contributed by atoms with E-state index in [9.17, 15) is 31.2 Å². The third kappa shape index (κ3) is 9.34. The molecule has 1 saturated heterocycles. The van der Waals surface area contributed by atoms with Gasteiger partial charge in [0, 0.05) is 49.1 Å². The van der Waals surface area contributed by atoms with Crippen molar-refractivity contribution < 1.29 is 40.3 Å². The Labute approximate surface area is 300 Å². The summed E-state index contributed by atoms with van der Waals surface area (Å²) in [4.78, 5) is 32.1. The quantitative estimate of drug-likeness (QED) is 0.170. The number of halogens is 4. The van der Waals surface area contributed by atoms with Gasteiger partial charge in [0.05, 0.1) is 23.0 Å². The first-order chi connectivity index (χ1) is 24.5. The predicted molar refractivity (Wildman–Crippen MR) is 187 cm³/mol. The van der Waals surface area contributed by atoms with E-state index in [1.165, 1.54) is 51.8 Å². The molecule has 2 heterocycles. The molecule has 1 aliphatic heterocycles. The van der Waals surface area contributed by atoms with Gasteiger partial charge in [0.15, 0.2) is 0 Å². The molecule has 0 aliphatic carbocycles. The van der Waals surface area contributed by atoms with Crippen LogP contribution in [0.25, 0.3) is 0 Å². The SMILES string of the molecule is CC1CN(C(=O)OC(C)(C)C)CC(CCc2c(F)cncc2NC(=O)CC(c2ccc(F)cc2)c2cc(F)cc(F)c2)N1S(=O)(=O)c1ccccc1. The summed E-state index contributed by atoms with van der Waals surface area (Å²) >= 11 is 0. The fourth-order valence-corrected chi connectivity index (χ4v) is 8.28. The number of anilines is 1. The van der Waals surface area contributed by atoms with Crippen molar-refractivity contribution in [1.29, 1.82) is 0 Å². The van der Waals surface area contributed by atoms with Gasteiger partial charge in [-0.15, -0.1) is 0 Å². The molecule has 3 aromatic carbocycles. The highest BCUT2D eigenvalue weighted by Crippen LogP contribution is 2.32. The second-order valence-electron chi connectivity index (χ2n) is 13.8. The lowest BCUT2D eigenvalue weighted by Crippen LogP contribution is -2.61. The Balaban J connectivity index is 1.41. The molecule has 3 atom stereocenters. The van der Waals surface area contributed by atoms with Crippen LogP contribution < -0.4 is 5.32 Å². The molecule has 0 radical (unpaired) electrons. The van der Waals surface area contributed by atoms with E-state index < -0.39 is 68.9 Å². The van der Waals surface area contributed by atoms with Crippen LogP contribution in [0.5, 0.6) is 0 Å². The number of benzene rings is 3. The van der Waals surface area contributed by atoms with Gasteiger partial charge in [0.1, 0.15) is 28.9 Å².